The SMILES string of the molecule is CCNCc1ccc(F)c(S(=O)(=O)N(C)C2CCCC2)c1. The second-order valence-corrected chi connectivity index (χ2v) is 7.47. The summed E-state index contributed by atoms with van der Waals surface area (Å²) >= 11 is 0. The van der Waals surface area contributed by atoms with E-state index >= 15 is 0 Å². The Bertz CT molecular complexity index is 583. The molecule has 21 heavy (non-hydrogen) atoms. The number of benzene rings is 1. The van der Waals surface area contributed by atoms with Crippen molar-refractivity contribution in [3.63, 3.8) is 0 Å². The number of halogens is 1. The maximum Gasteiger partial charge on any atom is 0.245 e. The maximum atomic E-state index is 14.0. The minimum Gasteiger partial charge on any atom is -0.313 e. The third-order valence-corrected chi connectivity index (χ3v) is 6.00. The summed E-state index contributed by atoms with van der Waals surface area (Å²) in [5.41, 5.74) is 0.775. The van der Waals surface area contributed by atoms with E-state index in [1.807, 2.05) is 6.92 Å². The summed E-state index contributed by atoms with van der Waals surface area (Å²) in [5.74, 6) is -0.680. The second kappa shape index (κ2) is 6.85. The molecule has 0 unspecified atom stereocenters. The smallest absolute Gasteiger partial charge is 0.245 e. The van der Waals surface area contributed by atoms with Crippen molar-refractivity contribution < 1.29 is 12.8 Å². The van der Waals surface area contributed by atoms with E-state index in [-0.39, 0.29) is 10.9 Å². The molecule has 0 aromatic heterocycles. The normalized spacial score (nSPS) is 16.8. The molecule has 0 aliphatic heterocycles. The van der Waals surface area contributed by atoms with E-state index in [9.17, 15) is 12.8 Å². The van der Waals surface area contributed by atoms with E-state index in [1.54, 1.807) is 13.1 Å². The molecule has 0 atom stereocenters. The first kappa shape index (κ1) is 16.4. The Labute approximate surface area is 126 Å². The highest BCUT2D eigenvalue weighted by molar-refractivity contribution is 7.89. The number of sulfonamides is 1. The Balaban J connectivity index is 2.29. The number of hydrogen-bond donors (Lipinski definition) is 1. The number of nitrogens with one attached hydrogen (secondary N) is 1. The van der Waals surface area contributed by atoms with Crippen LogP contribution in [0, 0.1) is 5.82 Å². The highest BCUT2D eigenvalue weighted by atomic mass is 32.2. The Morgan fingerprint density at radius 2 is 2.00 bits per heavy atom. The lowest BCUT2D eigenvalue weighted by Gasteiger charge is -2.24. The van der Waals surface area contributed by atoms with E-state index in [0.29, 0.717) is 6.54 Å². The third kappa shape index (κ3) is 3.62. The lowest BCUT2D eigenvalue weighted by Crippen LogP contribution is -2.35. The fraction of sp³-hybridized carbons (Fsp3) is 0.600. The van der Waals surface area contributed by atoms with Gasteiger partial charge in [-0.3, -0.25) is 0 Å². The van der Waals surface area contributed by atoms with Gasteiger partial charge in [0.15, 0.2) is 0 Å². The zero-order valence-electron chi connectivity index (χ0n) is 12.6. The van der Waals surface area contributed by atoms with Gasteiger partial charge in [-0.2, -0.15) is 4.31 Å². The summed E-state index contributed by atoms with van der Waals surface area (Å²) in [5, 5.41) is 3.12. The van der Waals surface area contributed by atoms with Crippen LogP contribution in [0.25, 0.3) is 0 Å². The van der Waals surface area contributed by atoms with Crippen LogP contribution in [0.3, 0.4) is 0 Å². The van der Waals surface area contributed by atoms with Gasteiger partial charge in [0.25, 0.3) is 0 Å². The Hall–Kier alpha value is -0.980. The average molecular weight is 314 g/mol. The monoisotopic (exact) mass is 314 g/mol. The third-order valence-electron chi connectivity index (χ3n) is 4.07. The van der Waals surface area contributed by atoms with Crippen molar-refractivity contribution in [1.29, 1.82) is 0 Å². The van der Waals surface area contributed by atoms with Gasteiger partial charge in [-0.25, -0.2) is 12.8 Å². The molecule has 0 spiro atoms. The first-order valence-electron chi connectivity index (χ1n) is 7.44. The van der Waals surface area contributed by atoms with Crippen molar-refractivity contribution in [1.82, 2.24) is 9.62 Å². The van der Waals surface area contributed by atoms with Crippen LogP contribution in [-0.2, 0) is 16.6 Å². The fourth-order valence-corrected chi connectivity index (χ4v) is 4.27. The zero-order chi connectivity index (χ0) is 15.5. The topological polar surface area (TPSA) is 49.4 Å². The van der Waals surface area contributed by atoms with Gasteiger partial charge in [-0.1, -0.05) is 25.8 Å². The van der Waals surface area contributed by atoms with Gasteiger partial charge in [0.2, 0.25) is 10.0 Å². The lowest BCUT2D eigenvalue weighted by molar-refractivity contribution is 0.370. The standard InChI is InChI=1S/C15H23FN2O2S/c1-3-17-11-12-8-9-14(16)15(10-12)21(19,20)18(2)13-6-4-5-7-13/h8-10,13,17H,3-7,11H2,1-2H3. The van der Waals surface area contributed by atoms with Gasteiger partial charge < -0.3 is 5.32 Å². The van der Waals surface area contributed by atoms with Crippen molar-refractivity contribution in [2.45, 2.75) is 50.1 Å². The number of rotatable bonds is 6. The molecule has 1 aliphatic rings. The molecule has 1 aromatic carbocycles. The molecule has 1 aliphatic carbocycles. The summed E-state index contributed by atoms with van der Waals surface area (Å²) in [6.07, 6.45) is 3.78. The zero-order valence-corrected chi connectivity index (χ0v) is 13.4. The van der Waals surface area contributed by atoms with Crippen LogP contribution in [-0.4, -0.2) is 32.4 Å². The molecule has 1 saturated carbocycles. The van der Waals surface area contributed by atoms with Crippen molar-refractivity contribution in [2.24, 2.45) is 0 Å². The maximum absolute atomic E-state index is 14.0. The van der Waals surface area contributed by atoms with Crippen LogP contribution in [0.15, 0.2) is 23.1 Å². The summed E-state index contributed by atoms with van der Waals surface area (Å²) in [6.45, 7) is 3.28. The van der Waals surface area contributed by atoms with Crippen molar-refractivity contribution in [3.05, 3.63) is 29.6 Å². The van der Waals surface area contributed by atoms with Crippen LogP contribution in [0.1, 0.15) is 38.2 Å². The molecule has 1 aromatic rings. The van der Waals surface area contributed by atoms with E-state index in [4.69, 9.17) is 0 Å². The Morgan fingerprint density at radius 1 is 1.33 bits per heavy atom. The summed E-state index contributed by atoms with van der Waals surface area (Å²) in [7, 11) is -2.21. The van der Waals surface area contributed by atoms with Gasteiger partial charge in [0.1, 0.15) is 10.7 Å². The number of nitrogens with zero attached hydrogens (tertiary/aromatic N) is 1. The molecule has 0 heterocycles. The van der Waals surface area contributed by atoms with Gasteiger partial charge >= 0.3 is 0 Å². The first-order chi connectivity index (χ1) is 9.96. The molecule has 6 heteroatoms. The molecule has 1 N–H and O–H groups in total. The summed E-state index contributed by atoms with van der Waals surface area (Å²) < 4.78 is 40.6. The second-order valence-electron chi connectivity index (χ2n) is 5.50. The van der Waals surface area contributed by atoms with E-state index < -0.39 is 15.8 Å². The van der Waals surface area contributed by atoms with Gasteiger partial charge in [0.05, 0.1) is 0 Å². The summed E-state index contributed by atoms with van der Waals surface area (Å²) in [6, 6.07) is 4.29. The van der Waals surface area contributed by atoms with Gasteiger partial charge in [-0.15, -0.1) is 0 Å². The predicted octanol–water partition coefficient (Wildman–Crippen LogP) is 2.50. The van der Waals surface area contributed by atoms with Gasteiger partial charge in [-0.05, 0) is 37.1 Å². The van der Waals surface area contributed by atoms with E-state index in [2.05, 4.69) is 5.32 Å². The highest BCUT2D eigenvalue weighted by Crippen LogP contribution is 2.28. The Kier molecular flexibility index (Phi) is 5.35. The molecule has 1 fully saturated rings. The average Bonchev–Trinajstić information content (AvgIpc) is 2.99. The molecule has 118 valence electrons. The minimum atomic E-state index is -3.77. The van der Waals surface area contributed by atoms with Crippen LogP contribution in [0.4, 0.5) is 4.39 Å². The molecule has 0 bridgehead atoms. The van der Waals surface area contributed by atoms with E-state index in [1.165, 1.54) is 16.4 Å². The molecule has 2 rings (SSSR count). The van der Waals surface area contributed by atoms with Crippen LogP contribution in [0.2, 0.25) is 0 Å². The van der Waals surface area contributed by atoms with Crippen LogP contribution in [0.5, 0.6) is 0 Å². The Morgan fingerprint density at radius 3 is 2.62 bits per heavy atom. The van der Waals surface area contributed by atoms with Crippen LogP contribution >= 0.6 is 0 Å². The van der Waals surface area contributed by atoms with Crippen molar-refractivity contribution in [2.75, 3.05) is 13.6 Å². The van der Waals surface area contributed by atoms with Gasteiger partial charge in [0, 0.05) is 19.6 Å². The minimum absolute atomic E-state index is 0.00757. The lowest BCUT2D eigenvalue weighted by atomic mass is 10.2. The number of hydrogen-bond acceptors (Lipinski definition) is 3. The molecule has 4 nitrogen and oxygen atoms in total. The first-order valence-corrected chi connectivity index (χ1v) is 8.88. The fourth-order valence-electron chi connectivity index (χ4n) is 2.74. The predicted molar refractivity (Wildman–Crippen MR) is 81.0 cm³/mol. The largest absolute Gasteiger partial charge is 0.313 e. The highest BCUT2D eigenvalue weighted by Gasteiger charge is 2.31. The summed E-state index contributed by atoms with van der Waals surface area (Å²) in [4.78, 5) is -0.215. The van der Waals surface area contributed by atoms with Crippen molar-refractivity contribution in [3.8, 4) is 0 Å². The quantitative estimate of drug-likeness (QED) is 0.877. The molecule has 0 amide bonds. The van der Waals surface area contributed by atoms with Crippen LogP contribution < -0.4 is 5.32 Å². The molecular weight excluding hydrogens is 291 g/mol. The van der Waals surface area contributed by atoms with E-state index in [0.717, 1.165) is 37.8 Å². The molecule has 0 radical (unpaired) electrons. The molecular formula is C15H23FN2O2S. The molecule has 0 saturated heterocycles. The van der Waals surface area contributed by atoms with Crippen molar-refractivity contribution >= 4 is 10.0 Å².